The van der Waals surface area contributed by atoms with E-state index in [9.17, 15) is 4.79 Å². The van der Waals surface area contributed by atoms with Crippen LogP contribution in [-0.4, -0.2) is 37.3 Å². The van der Waals surface area contributed by atoms with Gasteiger partial charge in [-0.1, -0.05) is 5.57 Å². The highest BCUT2D eigenvalue weighted by Crippen LogP contribution is 2.34. The number of esters is 1. The first kappa shape index (κ1) is 10.6. The molecular weight excluding hydrogens is 194 g/mol. The Morgan fingerprint density at radius 2 is 2.33 bits per heavy atom. The van der Waals surface area contributed by atoms with Crippen LogP contribution < -0.4 is 0 Å². The van der Waals surface area contributed by atoms with Crippen molar-refractivity contribution < 1.29 is 14.4 Å². The van der Waals surface area contributed by atoms with E-state index < -0.39 is 0 Å². The van der Waals surface area contributed by atoms with Crippen LogP contribution in [0.4, 0.5) is 0 Å². The Morgan fingerprint density at radius 1 is 1.60 bits per heavy atom. The van der Waals surface area contributed by atoms with Crippen molar-refractivity contribution in [1.29, 1.82) is 0 Å². The van der Waals surface area contributed by atoms with Crippen molar-refractivity contribution in [2.45, 2.75) is 38.3 Å². The van der Waals surface area contributed by atoms with Gasteiger partial charge in [-0.3, -0.25) is 4.84 Å². The fourth-order valence-corrected chi connectivity index (χ4v) is 2.40. The van der Waals surface area contributed by atoms with Gasteiger partial charge in [0.15, 0.2) is 0 Å². The Kier molecular flexibility index (Phi) is 2.80. The number of hydrogen-bond acceptors (Lipinski definition) is 4. The second kappa shape index (κ2) is 3.94. The minimum absolute atomic E-state index is 0.102. The quantitative estimate of drug-likeness (QED) is 0.612. The van der Waals surface area contributed by atoms with Crippen molar-refractivity contribution in [3.05, 3.63) is 11.1 Å². The highest BCUT2D eigenvalue weighted by Gasteiger charge is 2.39. The molecular formula is C11H17NO3. The molecule has 1 aliphatic heterocycles. The van der Waals surface area contributed by atoms with Crippen LogP contribution in [0.2, 0.25) is 0 Å². The zero-order valence-corrected chi connectivity index (χ0v) is 9.45. The number of carbonyl (C=O) groups is 1. The van der Waals surface area contributed by atoms with Gasteiger partial charge in [-0.05, 0) is 26.2 Å². The van der Waals surface area contributed by atoms with Crippen molar-refractivity contribution in [1.82, 2.24) is 5.06 Å². The molecule has 0 spiro atoms. The molecule has 1 fully saturated rings. The summed E-state index contributed by atoms with van der Waals surface area (Å²) in [6.07, 6.45) is 2.81. The summed E-state index contributed by atoms with van der Waals surface area (Å²) in [6.45, 7) is 2.00. The Balaban J connectivity index is 2.29. The molecule has 0 aromatic rings. The van der Waals surface area contributed by atoms with Gasteiger partial charge in [0, 0.05) is 13.1 Å². The van der Waals surface area contributed by atoms with Crippen LogP contribution in [0.3, 0.4) is 0 Å². The molecule has 1 aliphatic carbocycles. The van der Waals surface area contributed by atoms with E-state index in [4.69, 9.17) is 9.57 Å². The minimum Gasteiger partial charge on any atom is -0.466 e. The lowest BCUT2D eigenvalue weighted by molar-refractivity contribution is -0.150. The van der Waals surface area contributed by atoms with Gasteiger partial charge in [-0.15, -0.1) is 0 Å². The average molecular weight is 211 g/mol. The number of hydrogen-bond donors (Lipinski definition) is 0. The fraction of sp³-hybridized carbons (Fsp3) is 0.727. The number of ether oxygens (including phenoxy) is 1. The van der Waals surface area contributed by atoms with E-state index in [0.717, 1.165) is 30.4 Å². The Morgan fingerprint density at radius 3 is 3.00 bits per heavy atom. The second-order valence-corrected chi connectivity index (χ2v) is 4.25. The first-order valence-electron chi connectivity index (χ1n) is 5.31. The number of fused-ring (bicyclic) bond motifs is 2. The Hall–Kier alpha value is -0.870. The second-order valence-electron chi connectivity index (χ2n) is 4.25. The third-order valence-corrected chi connectivity index (χ3v) is 3.33. The molecule has 84 valence electrons. The SMILES string of the molecule is COC(=O)C1=C(C)CC[C@@H]2C[C@H]1ON2C. The van der Waals surface area contributed by atoms with E-state index in [0.29, 0.717) is 6.04 Å². The summed E-state index contributed by atoms with van der Waals surface area (Å²) in [6, 6.07) is 0.437. The molecule has 15 heavy (non-hydrogen) atoms. The number of nitrogens with zero attached hydrogens (tertiary/aromatic N) is 1. The van der Waals surface area contributed by atoms with Crippen molar-refractivity contribution in [2.75, 3.05) is 14.2 Å². The summed E-state index contributed by atoms with van der Waals surface area (Å²) in [7, 11) is 3.35. The van der Waals surface area contributed by atoms with Crippen molar-refractivity contribution in [3.8, 4) is 0 Å². The zero-order chi connectivity index (χ0) is 11.0. The molecule has 0 amide bonds. The zero-order valence-electron chi connectivity index (χ0n) is 9.45. The lowest BCUT2D eigenvalue weighted by atomic mass is 10.0. The highest BCUT2D eigenvalue weighted by molar-refractivity contribution is 5.90. The van der Waals surface area contributed by atoms with E-state index in [1.54, 1.807) is 0 Å². The van der Waals surface area contributed by atoms with E-state index >= 15 is 0 Å². The van der Waals surface area contributed by atoms with Gasteiger partial charge >= 0.3 is 5.97 Å². The summed E-state index contributed by atoms with van der Waals surface area (Å²) in [5.74, 6) is -0.242. The van der Waals surface area contributed by atoms with Gasteiger partial charge < -0.3 is 4.74 Å². The van der Waals surface area contributed by atoms with Crippen LogP contribution in [-0.2, 0) is 14.4 Å². The van der Waals surface area contributed by atoms with Crippen LogP contribution in [0.25, 0.3) is 0 Å². The highest BCUT2D eigenvalue weighted by atomic mass is 16.7. The Bertz CT molecular complexity index is 311. The number of methoxy groups -OCH3 is 1. The first-order valence-corrected chi connectivity index (χ1v) is 5.31. The summed E-state index contributed by atoms with van der Waals surface area (Å²) < 4.78 is 4.81. The smallest absolute Gasteiger partial charge is 0.336 e. The molecule has 0 aromatic carbocycles. The third-order valence-electron chi connectivity index (χ3n) is 3.33. The molecule has 2 aliphatic rings. The number of allylic oxidation sites excluding steroid dienone is 1. The van der Waals surface area contributed by atoms with Crippen molar-refractivity contribution >= 4 is 5.97 Å². The lowest BCUT2D eigenvalue weighted by Crippen LogP contribution is -2.26. The van der Waals surface area contributed by atoms with Gasteiger partial charge in [0.05, 0.1) is 12.7 Å². The molecule has 1 saturated heterocycles. The van der Waals surface area contributed by atoms with Gasteiger partial charge in [0.2, 0.25) is 0 Å². The molecule has 2 bridgehead atoms. The summed E-state index contributed by atoms with van der Waals surface area (Å²) in [4.78, 5) is 17.3. The molecule has 4 nitrogen and oxygen atoms in total. The van der Waals surface area contributed by atoms with Crippen molar-refractivity contribution in [3.63, 3.8) is 0 Å². The molecule has 0 saturated carbocycles. The minimum atomic E-state index is -0.242. The van der Waals surface area contributed by atoms with E-state index in [1.165, 1.54) is 7.11 Å². The molecule has 0 unspecified atom stereocenters. The largest absolute Gasteiger partial charge is 0.466 e. The maximum Gasteiger partial charge on any atom is 0.336 e. The molecule has 0 aromatic heterocycles. The van der Waals surface area contributed by atoms with Crippen molar-refractivity contribution in [2.24, 2.45) is 0 Å². The van der Waals surface area contributed by atoms with Crippen LogP contribution in [0.5, 0.6) is 0 Å². The lowest BCUT2D eigenvalue weighted by Gasteiger charge is -2.21. The first-order chi connectivity index (χ1) is 7.13. The predicted molar refractivity (Wildman–Crippen MR) is 55.0 cm³/mol. The molecule has 2 rings (SSSR count). The average Bonchev–Trinajstić information content (AvgIpc) is 2.47. The van der Waals surface area contributed by atoms with E-state index in [-0.39, 0.29) is 12.1 Å². The maximum absolute atomic E-state index is 11.6. The van der Waals surface area contributed by atoms with Gasteiger partial charge in [-0.25, -0.2) is 4.79 Å². The number of carbonyl (C=O) groups excluding carboxylic acids is 1. The molecule has 0 N–H and O–H groups in total. The van der Waals surface area contributed by atoms with E-state index in [1.807, 2.05) is 19.0 Å². The standard InChI is InChI=1S/C11H17NO3/c1-7-4-5-8-6-9(15-12(8)2)10(7)11(13)14-3/h8-9H,4-6H2,1-3H3/t8-,9-/m1/s1. The summed E-state index contributed by atoms with van der Waals surface area (Å²) >= 11 is 0. The van der Waals surface area contributed by atoms with Crippen LogP contribution >= 0.6 is 0 Å². The maximum atomic E-state index is 11.6. The number of hydroxylamine groups is 2. The molecule has 1 heterocycles. The van der Waals surface area contributed by atoms with Crippen LogP contribution in [0, 0.1) is 0 Å². The normalized spacial score (nSPS) is 31.7. The van der Waals surface area contributed by atoms with E-state index in [2.05, 4.69) is 0 Å². The van der Waals surface area contributed by atoms with Gasteiger partial charge in [0.1, 0.15) is 6.10 Å². The van der Waals surface area contributed by atoms with Crippen LogP contribution in [0.15, 0.2) is 11.1 Å². The van der Waals surface area contributed by atoms with Crippen LogP contribution in [0.1, 0.15) is 26.2 Å². The predicted octanol–water partition coefficient (Wildman–Crippen LogP) is 1.27. The third kappa shape index (κ3) is 1.79. The molecule has 4 heteroatoms. The summed E-state index contributed by atoms with van der Waals surface area (Å²) in [5.41, 5.74) is 1.84. The molecule has 2 atom stereocenters. The van der Waals surface area contributed by atoms with Gasteiger partial charge in [0.25, 0.3) is 0 Å². The number of rotatable bonds is 1. The Labute approximate surface area is 89.8 Å². The fourth-order valence-electron chi connectivity index (χ4n) is 2.40. The summed E-state index contributed by atoms with van der Waals surface area (Å²) in [5, 5.41) is 1.88. The van der Waals surface area contributed by atoms with Gasteiger partial charge in [-0.2, -0.15) is 5.06 Å². The monoisotopic (exact) mass is 211 g/mol. The topological polar surface area (TPSA) is 38.8 Å². The molecule has 0 radical (unpaired) electrons.